The van der Waals surface area contributed by atoms with Gasteiger partial charge in [-0.15, -0.1) is 6.58 Å². The quantitative estimate of drug-likeness (QED) is 0.549. The van der Waals surface area contributed by atoms with E-state index in [2.05, 4.69) is 30.8 Å². The number of hydrogen-bond donors (Lipinski definition) is 0. The molecule has 2 aromatic rings. The van der Waals surface area contributed by atoms with Crippen LogP contribution in [0.15, 0.2) is 61.2 Å². The molecule has 0 aliphatic heterocycles. The molecule has 0 aromatic heterocycles. The van der Waals surface area contributed by atoms with Gasteiger partial charge in [-0.1, -0.05) is 54.6 Å². The second-order valence-electron chi connectivity index (χ2n) is 6.25. The summed E-state index contributed by atoms with van der Waals surface area (Å²) in [6.45, 7) is 3.73. The number of fused-ring (bicyclic) bond motifs is 3. The van der Waals surface area contributed by atoms with Crippen molar-refractivity contribution in [2.24, 2.45) is 0 Å². The summed E-state index contributed by atoms with van der Waals surface area (Å²) in [4.78, 5) is 0. The largest absolute Gasteiger partial charge is 0.267 e. The highest BCUT2D eigenvalue weighted by molar-refractivity contribution is 7.86. The molecule has 4 heteroatoms. The molecule has 0 heterocycles. The molecule has 1 aliphatic carbocycles. The summed E-state index contributed by atoms with van der Waals surface area (Å²) in [6.07, 6.45) is 4.60. The second kappa shape index (κ2) is 6.91. The zero-order chi connectivity index (χ0) is 17.2. The minimum Gasteiger partial charge on any atom is -0.267 e. The molecule has 2 aromatic carbocycles. The van der Waals surface area contributed by atoms with Crippen molar-refractivity contribution >= 4 is 10.1 Å². The minimum atomic E-state index is -3.48. The molecular formula is C20H22O3S. The summed E-state index contributed by atoms with van der Waals surface area (Å²) >= 11 is 0. The van der Waals surface area contributed by atoms with Gasteiger partial charge in [0.25, 0.3) is 10.1 Å². The van der Waals surface area contributed by atoms with Crippen LogP contribution < -0.4 is 0 Å². The molecule has 0 radical (unpaired) electrons. The normalized spacial score (nSPS) is 14.9. The van der Waals surface area contributed by atoms with Crippen molar-refractivity contribution in [3.05, 3.63) is 72.3 Å². The molecule has 3 rings (SSSR count). The first-order chi connectivity index (χ1) is 11.5. The fraction of sp³-hybridized carbons (Fsp3) is 0.300. The maximum Gasteiger partial charge on any atom is 0.264 e. The van der Waals surface area contributed by atoms with E-state index in [1.165, 1.54) is 22.3 Å². The minimum absolute atomic E-state index is 0.161. The van der Waals surface area contributed by atoms with E-state index in [1.54, 1.807) is 6.08 Å². The Labute approximate surface area is 144 Å². The van der Waals surface area contributed by atoms with Gasteiger partial charge in [0.05, 0.1) is 12.4 Å². The average Bonchev–Trinajstić information content (AvgIpc) is 2.86. The van der Waals surface area contributed by atoms with Gasteiger partial charge in [0.2, 0.25) is 0 Å². The first-order valence-corrected chi connectivity index (χ1v) is 9.98. The van der Waals surface area contributed by atoms with Crippen LogP contribution in [0, 0.1) is 0 Å². The standard InChI is InChI=1S/C20H22O3S/c1-3-4-9-15(23-24(2,21)22)14-20-18-12-7-5-10-16(18)17-11-6-8-13-19(17)20/h3,5-8,10-13,15,20H,1,4,9,14H2,2H3. The number of hydrogen-bond acceptors (Lipinski definition) is 3. The maximum absolute atomic E-state index is 11.6. The van der Waals surface area contributed by atoms with Gasteiger partial charge in [-0.3, -0.25) is 4.18 Å². The lowest BCUT2D eigenvalue weighted by Gasteiger charge is -2.21. The van der Waals surface area contributed by atoms with E-state index in [-0.39, 0.29) is 12.0 Å². The highest BCUT2D eigenvalue weighted by Crippen LogP contribution is 2.47. The van der Waals surface area contributed by atoms with Crippen molar-refractivity contribution in [2.45, 2.75) is 31.3 Å². The zero-order valence-corrected chi connectivity index (χ0v) is 14.6. The van der Waals surface area contributed by atoms with Gasteiger partial charge < -0.3 is 0 Å². The van der Waals surface area contributed by atoms with Crippen LogP contribution in [0.3, 0.4) is 0 Å². The Bertz CT molecular complexity index is 794. The van der Waals surface area contributed by atoms with Gasteiger partial charge in [0.1, 0.15) is 0 Å². The summed E-state index contributed by atoms with van der Waals surface area (Å²) < 4.78 is 28.6. The summed E-state index contributed by atoms with van der Waals surface area (Å²) in [5.41, 5.74) is 4.97. The highest BCUT2D eigenvalue weighted by Gasteiger charge is 2.31. The van der Waals surface area contributed by atoms with Gasteiger partial charge in [0, 0.05) is 5.92 Å². The van der Waals surface area contributed by atoms with Crippen LogP contribution in [0.5, 0.6) is 0 Å². The molecule has 1 unspecified atom stereocenters. The van der Waals surface area contributed by atoms with Crippen molar-refractivity contribution in [2.75, 3.05) is 6.26 Å². The lowest BCUT2D eigenvalue weighted by atomic mass is 9.90. The van der Waals surface area contributed by atoms with Crippen molar-refractivity contribution < 1.29 is 12.6 Å². The zero-order valence-electron chi connectivity index (χ0n) is 13.8. The van der Waals surface area contributed by atoms with Crippen LogP contribution in [0.2, 0.25) is 0 Å². The Morgan fingerprint density at radius 1 is 1.08 bits per heavy atom. The van der Waals surface area contributed by atoms with Crippen LogP contribution in [-0.2, 0) is 14.3 Å². The fourth-order valence-electron chi connectivity index (χ4n) is 3.53. The summed E-state index contributed by atoms with van der Waals surface area (Å²) in [7, 11) is -3.48. The van der Waals surface area contributed by atoms with E-state index in [0.29, 0.717) is 12.8 Å². The van der Waals surface area contributed by atoms with E-state index in [9.17, 15) is 8.42 Å². The van der Waals surface area contributed by atoms with Crippen LogP contribution in [-0.4, -0.2) is 20.8 Å². The smallest absolute Gasteiger partial charge is 0.264 e. The van der Waals surface area contributed by atoms with E-state index < -0.39 is 10.1 Å². The van der Waals surface area contributed by atoms with E-state index in [1.807, 2.05) is 24.3 Å². The molecule has 1 atom stereocenters. The lowest BCUT2D eigenvalue weighted by Crippen LogP contribution is -2.20. The second-order valence-corrected chi connectivity index (χ2v) is 7.85. The summed E-state index contributed by atoms with van der Waals surface area (Å²) in [5.74, 6) is 0.161. The molecule has 0 N–H and O–H groups in total. The maximum atomic E-state index is 11.6. The molecule has 0 spiro atoms. The highest BCUT2D eigenvalue weighted by atomic mass is 32.2. The predicted molar refractivity (Wildman–Crippen MR) is 97.5 cm³/mol. The van der Waals surface area contributed by atoms with Gasteiger partial charge in [-0.2, -0.15) is 8.42 Å². The van der Waals surface area contributed by atoms with Crippen LogP contribution >= 0.6 is 0 Å². The number of rotatable bonds is 7. The summed E-state index contributed by atoms with van der Waals surface area (Å²) in [6, 6.07) is 16.7. The molecule has 0 bridgehead atoms. The third kappa shape index (κ3) is 3.60. The van der Waals surface area contributed by atoms with Gasteiger partial charge >= 0.3 is 0 Å². The number of allylic oxidation sites excluding steroid dienone is 1. The third-order valence-corrected chi connectivity index (χ3v) is 5.09. The molecule has 3 nitrogen and oxygen atoms in total. The van der Waals surface area contributed by atoms with Gasteiger partial charge in [-0.25, -0.2) is 0 Å². The monoisotopic (exact) mass is 342 g/mol. The molecule has 0 fully saturated rings. The number of benzene rings is 2. The Balaban J connectivity index is 1.93. The lowest BCUT2D eigenvalue weighted by molar-refractivity contribution is 0.186. The van der Waals surface area contributed by atoms with Crippen molar-refractivity contribution in [3.63, 3.8) is 0 Å². The Morgan fingerprint density at radius 2 is 1.62 bits per heavy atom. The van der Waals surface area contributed by atoms with Gasteiger partial charge in [-0.05, 0) is 41.5 Å². The molecule has 24 heavy (non-hydrogen) atoms. The summed E-state index contributed by atoms with van der Waals surface area (Å²) in [5, 5.41) is 0. The Kier molecular flexibility index (Phi) is 4.88. The Hall–Kier alpha value is -1.91. The predicted octanol–water partition coefficient (Wildman–Crippen LogP) is 4.50. The molecule has 126 valence electrons. The Morgan fingerprint density at radius 3 is 2.12 bits per heavy atom. The molecule has 0 saturated heterocycles. The van der Waals surface area contributed by atoms with E-state index >= 15 is 0 Å². The van der Waals surface area contributed by atoms with E-state index in [4.69, 9.17) is 4.18 Å². The fourth-order valence-corrected chi connectivity index (χ4v) is 4.20. The molecule has 0 saturated carbocycles. The topological polar surface area (TPSA) is 43.4 Å². The molecular weight excluding hydrogens is 320 g/mol. The SMILES string of the molecule is C=CCCC(CC1c2ccccc2-c2ccccc21)OS(C)(=O)=O. The van der Waals surface area contributed by atoms with Crippen LogP contribution in [0.1, 0.15) is 36.3 Å². The first-order valence-electron chi connectivity index (χ1n) is 8.17. The molecule has 1 aliphatic rings. The third-order valence-electron chi connectivity index (χ3n) is 4.46. The van der Waals surface area contributed by atoms with Crippen molar-refractivity contribution in [3.8, 4) is 11.1 Å². The molecule has 0 amide bonds. The van der Waals surface area contributed by atoms with E-state index in [0.717, 1.165) is 12.7 Å². The average molecular weight is 342 g/mol. The van der Waals surface area contributed by atoms with Crippen LogP contribution in [0.25, 0.3) is 11.1 Å². The van der Waals surface area contributed by atoms with Gasteiger partial charge in [0.15, 0.2) is 0 Å². The first kappa shape index (κ1) is 16.9. The van der Waals surface area contributed by atoms with Crippen LogP contribution in [0.4, 0.5) is 0 Å². The van der Waals surface area contributed by atoms with Crippen molar-refractivity contribution in [1.82, 2.24) is 0 Å². The van der Waals surface area contributed by atoms with Crippen molar-refractivity contribution in [1.29, 1.82) is 0 Å².